The second-order valence-electron chi connectivity index (χ2n) is 5.75. The van der Waals surface area contributed by atoms with Crippen molar-refractivity contribution in [2.75, 3.05) is 6.61 Å². The van der Waals surface area contributed by atoms with Gasteiger partial charge in [-0.15, -0.1) is 0 Å². The first-order valence-electron chi connectivity index (χ1n) is 6.87. The van der Waals surface area contributed by atoms with Crippen LogP contribution >= 0.6 is 11.6 Å². The van der Waals surface area contributed by atoms with E-state index in [2.05, 4.69) is 0 Å². The molecule has 0 aromatic heterocycles. The van der Waals surface area contributed by atoms with Crippen molar-refractivity contribution in [3.63, 3.8) is 0 Å². The highest BCUT2D eigenvalue weighted by Gasteiger charge is 2.44. The fourth-order valence-corrected chi connectivity index (χ4v) is 3.43. The Morgan fingerprint density at radius 1 is 1.42 bits per heavy atom. The molecule has 2 fully saturated rings. The molecule has 2 nitrogen and oxygen atoms in total. The fourth-order valence-electron chi connectivity index (χ4n) is 3.25. The van der Waals surface area contributed by atoms with E-state index in [0.29, 0.717) is 17.2 Å². The predicted octanol–water partition coefficient (Wildman–Crippen LogP) is 3.86. The number of ether oxygens (including phenoxy) is 1. The van der Waals surface area contributed by atoms with Gasteiger partial charge in [0.05, 0.1) is 11.7 Å². The van der Waals surface area contributed by atoms with E-state index in [4.69, 9.17) is 16.3 Å². The SMILES string of the molecule is OC(c1cc(Cl)ccc1F)C1CCOC2(CCC2)C1. The summed E-state index contributed by atoms with van der Waals surface area (Å²) in [5, 5.41) is 10.9. The van der Waals surface area contributed by atoms with Crippen molar-refractivity contribution >= 4 is 11.6 Å². The average molecular weight is 285 g/mol. The molecule has 0 bridgehead atoms. The number of benzene rings is 1. The van der Waals surface area contributed by atoms with Gasteiger partial charge in [0.15, 0.2) is 0 Å². The predicted molar refractivity (Wildman–Crippen MR) is 71.6 cm³/mol. The third-order valence-electron chi connectivity index (χ3n) is 4.52. The minimum Gasteiger partial charge on any atom is -0.388 e. The Bertz CT molecular complexity index is 473. The van der Waals surface area contributed by atoms with E-state index in [1.807, 2.05) is 0 Å². The molecule has 1 aromatic carbocycles. The van der Waals surface area contributed by atoms with Gasteiger partial charge in [0.25, 0.3) is 0 Å². The molecule has 3 rings (SSSR count). The lowest BCUT2D eigenvalue weighted by Crippen LogP contribution is -2.46. The van der Waals surface area contributed by atoms with Crippen molar-refractivity contribution in [1.82, 2.24) is 0 Å². The van der Waals surface area contributed by atoms with Crippen LogP contribution < -0.4 is 0 Å². The van der Waals surface area contributed by atoms with Crippen LogP contribution in [0.15, 0.2) is 18.2 Å². The number of hydrogen-bond acceptors (Lipinski definition) is 2. The molecule has 1 aliphatic heterocycles. The molecule has 1 aromatic rings. The monoisotopic (exact) mass is 284 g/mol. The second-order valence-corrected chi connectivity index (χ2v) is 6.19. The average Bonchev–Trinajstić information content (AvgIpc) is 2.39. The lowest BCUT2D eigenvalue weighted by molar-refractivity contribution is -0.157. The molecule has 0 radical (unpaired) electrons. The van der Waals surface area contributed by atoms with E-state index in [9.17, 15) is 9.50 Å². The van der Waals surface area contributed by atoms with Crippen LogP contribution in [0.2, 0.25) is 5.02 Å². The summed E-state index contributed by atoms with van der Waals surface area (Å²) >= 11 is 5.89. The fraction of sp³-hybridized carbons (Fsp3) is 0.600. The molecular weight excluding hydrogens is 267 g/mol. The summed E-state index contributed by atoms with van der Waals surface area (Å²) in [6.45, 7) is 0.657. The van der Waals surface area contributed by atoms with Gasteiger partial charge in [-0.1, -0.05) is 11.6 Å². The molecule has 0 amide bonds. The molecule has 1 heterocycles. The normalized spacial score (nSPS) is 27.0. The molecule has 2 atom stereocenters. The molecule has 1 N–H and O–H groups in total. The molecule has 19 heavy (non-hydrogen) atoms. The van der Waals surface area contributed by atoms with Gasteiger partial charge in [0, 0.05) is 17.2 Å². The third kappa shape index (κ3) is 2.51. The Hall–Kier alpha value is -0.640. The highest BCUT2D eigenvalue weighted by atomic mass is 35.5. The topological polar surface area (TPSA) is 29.5 Å². The standard InChI is InChI=1S/C15H18ClFO2/c16-11-2-3-13(17)12(8-11)14(18)10-4-7-19-15(9-10)5-1-6-15/h2-3,8,10,14,18H,1,4-7,9H2. The number of aliphatic hydroxyl groups is 1. The Labute approximate surface area is 117 Å². The van der Waals surface area contributed by atoms with Gasteiger partial charge in [-0.05, 0) is 56.2 Å². The largest absolute Gasteiger partial charge is 0.388 e. The van der Waals surface area contributed by atoms with Crippen LogP contribution in [0.25, 0.3) is 0 Å². The van der Waals surface area contributed by atoms with Crippen molar-refractivity contribution in [3.8, 4) is 0 Å². The van der Waals surface area contributed by atoms with Gasteiger partial charge in [-0.2, -0.15) is 0 Å². The van der Waals surface area contributed by atoms with Crippen LogP contribution in [0, 0.1) is 11.7 Å². The summed E-state index contributed by atoms with van der Waals surface area (Å²) in [5.74, 6) is -0.326. The summed E-state index contributed by atoms with van der Waals surface area (Å²) in [5.41, 5.74) is 0.271. The molecule has 104 valence electrons. The van der Waals surface area contributed by atoms with Crippen LogP contribution in [0.1, 0.15) is 43.8 Å². The quantitative estimate of drug-likeness (QED) is 0.893. The highest BCUT2D eigenvalue weighted by molar-refractivity contribution is 6.30. The lowest BCUT2D eigenvalue weighted by Gasteiger charge is -2.48. The minimum absolute atomic E-state index is 0.0427. The van der Waals surface area contributed by atoms with Gasteiger partial charge >= 0.3 is 0 Å². The van der Waals surface area contributed by atoms with E-state index in [1.54, 1.807) is 0 Å². The van der Waals surface area contributed by atoms with E-state index < -0.39 is 6.10 Å². The minimum atomic E-state index is -0.792. The van der Waals surface area contributed by atoms with Crippen LogP contribution in [-0.4, -0.2) is 17.3 Å². The van der Waals surface area contributed by atoms with E-state index in [-0.39, 0.29) is 17.3 Å². The summed E-state index contributed by atoms with van der Waals surface area (Å²) in [6.07, 6.45) is 4.12. The summed E-state index contributed by atoms with van der Waals surface area (Å²) in [6, 6.07) is 4.36. The van der Waals surface area contributed by atoms with E-state index in [0.717, 1.165) is 25.7 Å². The van der Waals surface area contributed by atoms with Gasteiger partial charge in [-0.3, -0.25) is 0 Å². The molecule has 1 saturated heterocycles. The maximum atomic E-state index is 13.8. The van der Waals surface area contributed by atoms with Crippen LogP contribution in [0.4, 0.5) is 4.39 Å². The van der Waals surface area contributed by atoms with E-state index >= 15 is 0 Å². The second kappa shape index (κ2) is 5.04. The summed E-state index contributed by atoms with van der Waals surface area (Å²) in [4.78, 5) is 0. The molecule has 2 aliphatic rings. The van der Waals surface area contributed by atoms with Crippen LogP contribution in [-0.2, 0) is 4.74 Å². The maximum Gasteiger partial charge on any atom is 0.129 e. The molecule has 2 unspecified atom stereocenters. The van der Waals surface area contributed by atoms with Gasteiger partial charge in [0.2, 0.25) is 0 Å². The zero-order valence-corrected chi connectivity index (χ0v) is 11.5. The first-order chi connectivity index (χ1) is 9.10. The molecular formula is C15H18ClFO2. The van der Waals surface area contributed by atoms with Crippen molar-refractivity contribution in [1.29, 1.82) is 0 Å². The number of aliphatic hydroxyl groups excluding tert-OH is 1. The van der Waals surface area contributed by atoms with Crippen LogP contribution in [0.5, 0.6) is 0 Å². The Balaban J connectivity index is 1.79. The highest BCUT2D eigenvalue weighted by Crippen LogP contribution is 2.47. The number of hydrogen-bond donors (Lipinski definition) is 1. The first kappa shape index (κ1) is 13.3. The molecule has 4 heteroatoms. The Kier molecular flexibility index (Phi) is 3.54. The van der Waals surface area contributed by atoms with Crippen molar-refractivity contribution in [2.24, 2.45) is 5.92 Å². The maximum absolute atomic E-state index is 13.8. The van der Waals surface area contributed by atoms with Gasteiger partial charge < -0.3 is 9.84 Å². The molecule has 1 spiro atoms. The molecule has 1 saturated carbocycles. The zero-order chi connectivity index (χ0) is 13.5. The Morgan fingerprint density at radius 2 is 2.21 bits per heavy atom. The summed E-state index contributed by atoms with van der Waals surface area (Å²) < 4.78 is 19.7. The van der Waals surface area contributed by atoms with Crippen molar-refractivity contribution in [3.05, 3.63) is 34.6 Å². The van der Waals surface area contributed by atoms with Crippen LogP contribution in [0.3, 0.4) is 0 Å². The molecule has 1 aliphatic carbocycles. The lowest BCUT2D eigenvalue weighted by atomic mass is 9.70. The van der Waals surface area contributed by atoms with Crippen molar-refractivity contribution in [2.45, 2.75) is 43.8 Å². The number of rotatable bonds is 2. The Morgan fingerprint density at radius 3 is 2.89 bits per heavy atom. The van der Waals surface area contributed by atoms with Crippen molar-refractivity contribution < 1.29 is 14.2 Å². The van der Waals surface area contributed by atoms with Gasteiger partial charge in [-0.25, -0.2) is 4.39 Å². The zero-order valence-electron chi connectivity index (χ0n) is 10.7. The smallest absolute Gasteiger partial charge is 0.129 e. The summed E-state index contributed by atoms with van der Waals surface area (Å²) in [7, 11) is 0. The van der Waals surface area contributed by atoms with Gasteiger partial charge in [0.1, 0.15) is 5.82 Å². The first-order valence-corrected chi connectivity index (χ1v) is 7.24. The van der Waals surface area contributed by atoms with E-state index in [1.165, 1.54) is 24.6 Å². The third-order valence-corrected chi connectivity index (χ3v) is 4.75. The number of halogens is 2.